The van der Waals surface area contributed by atoms with Gasteiger partial charge in [0.2, 0.25) is 0 Å². The van der Waals surface area contributed by atoms with Crippen LogP contribution in [0.2, 0.25) is 0 Å². The molecule has 1 atom stereocenters. The van der Waals surface area contributed by atoms with Crippen molar-refractivity contribution in [2.24, 2.45) is 7.05 Å². The zero-order chi connectivity index (χ0) is 17.8. The second-order valence-corrected chi connectivity index (χ2v) is 6.94. The third-order valence-corrected chi connectivity index (χ3v) is 5.38. The van der Waals surface area contributed by atoms with Gasteiger partial charge in [-0.2, -0.15) is 5.10 Å². The maximum absolute atomic E-state index is 5.30. The molecule has 3 rings (SSSR count). The van der Waals surface area contributed by atoms with Gasteiger partial charge in [0.05, 0.1) is 12.8 Å². The van der Waals surface area contributed by atoms with Gasteiger partial charge in [-0.1, -0.05) is 12.1 Å². The van der Waals surface area contributed by atoms with E-state index in [4.69, 9.17) is 4.74 Å². The number of hydrogen-bond acceptors (Lipinski definition) is 4. The van der Waals surface area contributed by atoms with E-state index in [0.29, 0.717) is 6.04 Å². The highest BCUT2D eigenvalue weighted by Gasteiger charge is 2.23. The highest BCUT2D eigenvalue weighted by atomic mass is 16.5. The van der Waals surface area contributed by atoms with Crippen molar-refractivity contribution in [1.29, 1.82) is 0 Å². The van der Waals surface area contributed by atoms with E-state index in [1.807, 2.05) is 11.7 Å². The summed E-state index contributed by atoms with van der Waals surface area (Å²) >= 11 is 0. The first kappa shape index (κ1) is 18.0. The first-order chi connectivity index (χ1) is 12.1. The summed E-state index contributed by atoms with van der Waals surface area (Å²) in [5.41, 5.74) is 5.04. The van der Waals surface area contributed by atoms with E-state index in [1.54, 1.807) is 7.11 Å². The molecule has 25 heavy (non-hydrogen) atoms. The van der Waals surface area contributed by atoms with Crippen LogP contribution in [0.25, 0.3) is 0 Å². The smallest absolute Gasteiger partial charge is 0.118 e. The third kappa shape index (κ3) is 4.05. The van der Waals surface area contributed by atoms with Crippen LogP contribution < -0.4 is 10.1 Å². The average Bonchev–Trinajstić information content (AvgIpc) is 3.23. The maximum Gasteiger partial charge on any atom is 0.118 e. The van der Waals surface area contributed by atoms with E-state index in [1.165, 1.54) is 42.8 Å². The predicted molar refractivity (Wildman–Crippen MR) is 101 cm³/mol. The van der Waals surface area contributed by atoms with E-state index in [0.717, 1.165) is 24.5 Å². The zero-order valence-electron chi connectivity index (χ0n) is 15.9. The van der Waals surface area contributed by atoms with Crippen molar-refractivity contribution in [2.75, 3.05) is 26.7 Å². The molecule has 5 nitrogen and oxygen atoms in total. The minimum Gasteiger partial charge on any atom is -0.497 e. The van der Waals surface area contributed by atoms with Crippen molar-refractivity contribution in [3.05, 3.63) is 46.8 Å². The molecule has 0 unspecified atom stereocenters. The molecule has 1 fully saturated rings. The molecule has 0 aliphatic carbocycles. The average molecular weight is 342 g/mol. The summed E-state index contributed by atoms with van der Waals surface area (Å²) in [6.07, 6.45) is 2.60. The molecule has 1 aromatic heterocycles. The van der Waals surface area contributed by atoms with Crippen LogP contribution >= 0.6 is 0 Å². The Morgan fingerprint density at radius 3 is 2.40 bits per heavy atom. The Morgan fingerprint density at radius 2 is 1.84 bits per heavy atom. The van der Waals surface area contributed by atoms with Crippen LogP contribution in [-0.4, -0.2) is 41.4 Å². The topological polar surface area (TPSA) is 42.3 Å². The Labute approximate surface area is 151 Å². The molecule has 0 amide bonds. The number of aromatic nitrogens is 2. The number of rotatable bonds is 7. The Kier molecular flexibility index (Phi) is 5.76. The summed E-state index contributed by atoms with van der Waals surface area (Å²) in [5, 5.41) is 8.19. The molecular formula is C20H30N4O. The zero-order valence-corrected chi connectivity index (χ0v) is 15.9. The number of ether oxygens (including phenoxy) is 1. The summed E-state index contributed by atoms with van der Waals surface area (Å²) in [4.78, 5) is 2.60. The van der Waals surface area contributed by atoms with Crippen LogP contribution in [0.3, 0.4) is 0 Å². The molecular weight excluding hydrogens is 312 g/mol. The van der Waals surface area contributed by atoms with Crippen LogP contribution in [0.4, 0.5) is 0 Å². The van der Waals surface area contributed by atoms with Crippen molar-refractivity contribution < 1.29 is 4.74 Å². The van der Waals surface area contributed by atoms with Gasteiger partial charge >= 0.3 is 0 Å². The fourth-order valence-electron chi connectivity index (χ4n) is 3.74. The first-order valence-electron chi connectivity index (χ1n) is 9.18. The van der Waals surface area contributed by atoms with Crippen molar-refractivity contribution in [3.63, 3.8) is 0 Å². The van der Waals surface area contributed by atoms with Gasteiger partial charge in [0.1, 0.15) is 5.75 Å². The largest absolute Gasteiger partial charge is 0.497 e. The molecule has 1 saturated heterocycles. The molecule has 1 N–H and O–H groups in total. The SMILES string of the molecule is COc1ccc([C@H](CNCc2c(C)nn(C)c2C)N2CCCC2)cc1. The third-order valence-electron chi connectivity index (χ3n) is 5.38. The van der Waals surface area contributed by atoms with Gasteiger partial charge in [0.25, 0.3) is 0 Å². The minimum absolute atomic E-state index is 0.408. The molecule has 1 aromatic carbocycles. The second kappa shape index (κ2) is 8.02. The molecule has 2 heterocycles. The quantitative estimate of drug-likeness (QED) is 0.840. The Balaban J connectivity index is 1.69. The van der Waals surface area contributed by atoms with Crippen LogP contribution in [-0.2, 0) is 13.6 Å². The second-order valence-electron chi connectivity index (χ2n) is 6.94. The van der Waals surface area contributed by atoms with Gasteiger partial charge in [0.15, 0.2) is 0 Å². The van der Waals surface area contributed by atoms with Gasteiger partial charge in [0, 0.05) is 37.4 Å². The minimum atomic E-state index is 0.408. The van der Waals surface area contributed by atoms with Gasteiger partial charge in [-0.25, -0.2) is 0 Å². The molecule has 1 aliphatic heterocycles. The maximum atomic E-state index is 5.30. The number of nitrogens with zero attached hydrogens (tertiary/aromatic N) is 3. The van der Waals surface area contributed by atoms with E-state index in [-0.39, 0.29) is 0 Å². The molecule has 0 radical (unpaired) electrons. The summed E-state index contributed by atoms with van der Waals surface area (Å²) in [5.74, 6) is 0.915. The lowest BCUT2D eigenvalue weighted by Crippen LogP contribution is -2.34. The highest BCUT2D eigenvalue weighted by Crippen LogP contribution is 2.26. The van der Waals surface area contributed by atoms with E-state index < -0.39 is 0 Å². The Hall–Kier alpha value is -1.85. The van der Waals surface area contributed by atoms with E-state index in [9.17, 15) is 0 Å². The number of aryl methyl sites for hydroxylation is 2. The van der Waals surface area contributed by atoms with Crippen LogP contribution in [0.15, 0.2) is 24.3 Å². The predicted octanol–water partition coefficient (Wildman–Crippen LogP) is 2.97. The lowest BCUT2D eigenvalue weighted by atomic mass is 10.0. The van der Waals surface area contributed by atoms with Crippen LogP contribution in [0, 0.1) is 13.8 Å². The monoisotopic (exact) mass is 342 g/mol. The van der Waals surface area contributed by atoms with Gasteiger partial charge in [-0.3, -0.25) is 9.58 Å². The van der Waals surface area contributed by atoms with Crippen LogP contribution in [0.1, 0.15) is 41.4 Å². The van der Waals surface area contributed by atoms with Crippen molar-refractivity contribution >= 4 is 0 Å². The first-order valence-corrected chi connectivity index (χ1v) is 9.18. The van der Waals surface area contributed by atoms with Gasteiger partial charge in [-0.15, -0.1) is 0 Å². The normalized spacial score (nSPS) is 16.3. The van der Waals surface area contributed by atoms with E-state index >= 15 is 0 Å². The number of hydrogen-bond donors (Lipinski definition) is 1. The summed E-state index contributed by atoms with van der Waals surface area (Å²) in [7, 11) is 3.73. The van der Waals surface area contributed by atoms with Gasteiger partial charge in [-0.05, 0) is 57.5 Å². The lowest BCUT2D eigenvalue weighted by Gasteiger charge is -2.28. The van der Waals surface area contributed by atoms with Gasteiger partial charge < -0.3 is 10.1 Å². The molecule has 5 heteroatoms. The number of benzene rings is 1. The molecule has 0 saturated carbocycles. The number of nitrogens with one attached hydrogen (secondary N) is 1. The fourth-order valence-corrected chi connectivity index (χ4v) is 3.74. The lowest BCUT2D eigenvalue weighted by molar-refractivity contribution is 0.238. The number of methoxy groups -OCH3 is 1. The van der Waals surface area contributed by atoms with Crippen molar-refractivity contribution in [3.8, 4) is 5.75 Å². The summed E-state index contributed by atoms with van der Waals surface area (Å²) in [6.45, 7) is 8.41. The Bertz CT molecular complexity index is 686. The highest BCUT2D eigenvalue weighted by molar-refractivity contribution is 5.30. The molecule has 136 valence electrons. The molecule has 0 bridgehead atoms. The van der Waals surface area contributed by atoms with Crippen LogP contribution in [0.5, 0.6) is 5.75 Å². The molecule has 2 aromatic rings. The van der Waals surface area contributed by atoms with Crippen molar-refractivity contribution in [1.82, 2.24) is 20.0 Å². The summed E-state index contributed by atoms with van der Waals surface area (Å²) in [6, 6.07) is 8.93. The summed E-state index contributed by atoms with van der Waals surface area (Å²) < 4.78 is 7.27. The standard InChI is InChI=1S/C20H30N4O/c1-15-19(16(2)23(3)22-15)13-21-14-20(24-11-5-6-12-24)17-7-9-18(25-4)10-8-17/h7-10,20-21H,5-6,11-14H2,1-4H3/t20-/m0/s1. The molecule has 1 aliphatic rings. The Morgan fingerprint density at radius 1 is 1.16 bits per heavy atom. The molecule has 0 spiro atoms. The number of likely N-dealkylation sites (tertiary alicyclic amines) is 1. The van der Waals surface area contributed by atoms with E-state index in [2.05, 4.69) is 53.4 Å². The van der Waals surface area contributed by atoms with Crippen molar-refractivity contribution in [2.45, 2.75) is 39.3 Å². The fraction of sp³-hybridized carbons (Fsp3) is 0.550.